The first kappa shape index (κ1) is 10.2. The predicted octanol–water partition coefficient (Wildman–Crippen LogP) is 3.65. The summed E-state index contributed by atoms with van der Waals surface area (Å²) < 4.78 is 1.17. The van der Waals surface area contributed by atoms with Gasteiger partial charge in [0, 0.05) is 16.1 Å². The van der Waals surface area contributed by atoms with Crippen molar-refractivity contribution in [3.63, 3.8) is 0 Å². The Morgan fingerprint density at radius 3 is 2.79 bits per heavy atom. The fourth-order valence-electron chi connectivity index (χ4n) is 2.09. The van der Waals surface area contributed by atoms with E-state index < -0.39 is 0 Å². The standard InChI is InChI=1S/C12H16BrN/c1-12(2)7-6-11(14-12)9-4-3-5-10(13)8-9/h3-5,8,11,14H,6-7H2,1-2H3. The lowest BCUT2D eigenvalue weighted by atomic mass is 10.0. The van der Waals surface area contributed by atoms with Crippen LogP contribution in [-0.2, 0) is 0 Å². The molecule has 1 aromatic rings. The van der Waals surface area contributed by atoms with Crippen molar-refractivity contribution in [2.75, 3.05) is 0 Å². The van der Waals surface area contributed by atoms with Gasteiger partial charge in [0.1, 0.15) is 0 Å². The molecule has 1 aliphatic heterocycles. The van der Waals surface area contributed by atoms with E-state index in [1.165, 1.54) is 22.9 Å². The van der Waals surface area contributed by atoms with E-state index in [-0.39, 0.29) is 0 Å². The Morgan fingerprint density at radius 1 is 1.43 bits per heavy atom. The van der Waals surface area contributed by atoms with Gasteiger partial charge in [0.15, 0.2) is 0 Å². The van der Waals surface area contributed by atoms with Crippen molar-refractivity contribution in [3.05, 3.63) is 34.3 Å². The van der Waals surface area contributed by atoms with Crippen LogP contribution < -0.4 is 5.32 Å². The number of hydrogen-bond donors (Lipinski definition) is 1. The molecule has 1 aliphatic rings. The van der Waals surface area contributed by atoms with E-state index in [0.29, 0.717) is 11.6 Å². The molecule has 0 spiro atoms. The number of halogens is 1. The maximum Gasteiger partial charge on any atom is 0.0326 e. The van der Waals surface area contributed by atoms with Crippen LogP contribution in [0, 0.1) is 0 Å². The minimum atomic E-state index is 0.299. The maximum absolute atomic E-state index is 3.65. The second kappa shape index (κ2) is 3.67. The fourth-order valence-corrected chi connectivity index (χ4v) is 2.51. The van der Waals surface area contributed by atoms with E-state index in [1.807, 2.05) is 0 Å². The van der Waals surface area contributed by atoms with Gasteiger partial charge in [-0.3, -0.25) is 0 Å². The number of hydrogen-bond acceptors (Lipinski definition) is 1. The molecule has 0 radical (unpaired) electrons. The second-order valence-electron chi connectivity index (χ2n) is 4.67. The molecule has 76 valence electrons. The van der Waals surface area contributed by atoms with Gasteiger partial charge in [-0.1, -0.05) is 28.1 Å². The van der Waals surface area contributed by atoms with Crippen LogP contribution >= 0.6 is 15.9 Å². The van der Waals surface area contributed by atoms with Crippen LogP contribution in [0.2, 0.25) is 0 Å². The Labute approximate surface area is 94.0 Å². The molecule has 2 rings (SSSR count). The van der Waals surface area contributed by atoms with Crippen LogP contribution in [0.4, 0.5) is 0 Å². The van der Waals surface area contributed by atoms with Crippen molar-refractivity contribution in [2.24, 2.45) is 0 Å². The third-order valence-electron chi connectivity index (χ3n) is 2.87. The highest BCUT2D eigenvalue weighted by atomic mass is 79.9. The van der Waals surface area contributed by atoms with Crippen molar-refractivity contribution in [3.8, 4) is 0 Å². The Hall–Kier alpha value is -0.340. The average molecular weight is 254 g/mol. The van der Waals surface area contributed by atoms with Crippen LogP contribution in [0.1, 0.15) is 38.3 Å². The second-order valence-corrected chi connectivity index (χ2v) is 5.59. The molecule has 1 heterocycles. The summed E-state index contributed by atoms with van der Waals surface area (Å²) in [5.41, 5.74) is 1.69. The molecule has 14 heavy (non-hydrogen) atoms. The van der Waals surface area contributed by atoms with Crippen molar-refractivity contribution < 1.29 is 0 Å². The number of nitrogens with one attached hydrogen (secondary N) is 1. The van der Waals surface area contributed by atoms with Gasteiger partial charge < -0.3 is 5.32 Å². The van der Waals surface area contributed by atoms with E-state index >= 15 is 0 Å². The summed E-state index contributed by atoms with van der Waals surface area (Å²) in [6, 6.07) is 9.11. The van der Waals surface area contributed by atoms with Gasteiger partial charge in [0.25, 0.3) is 0 Å². The maximum atomic E-state index is 3.65. The summed E-state index contributed by atoms with van der Waals surface area (Å²) in [5, 5.41) is 3.65. The molecule has 1 saturated heterocycles. The number of benzene rings is 1. The summed E-state index contributed by atoms with van der Waals surface area (Å²) in [7, 11) is 0. The first-order chi connectivity index (χ1) is 6.57. The smallest absolute Gasteiger partial charge is 0.0326 e. The Bertz CT molecular complexity index is 333. The molecule has 1 N–H and O–H groups in total. The van der Waals surface area contributed by atoms with Gasteiger partial charge in [-0.25, -0.2) is 0 Å². The predicted molar refractivity (Wildman–Crippen MR) is 63.3 cm³/mol. The van der Waals surface area contributed by atoms with Gasteiger partial charge in [0.2, 0.25) is 0 Å². The summed E-state index contributed by atoms with van der Waals surface area (Å²) in [4.78, 5) is 0. The zero-order valence-corrected chi connectivity index (χ0v) is 10.3. The fraction of sp³-hybridized carbons (Fsp3) is 0.500. The largest absolute Gasteiger partial charge is 0.305 e. The minimum Gasteiger partial charge on any atom is -0.305 e. The van der Waals surface area contributed by atoms with Crippen molar-refractivity contribution in [1.82, 2.24) is 5.32 Å². The van der Waals surface area contributed by atoms with Crippen LogP contribution in [0.15, 0.2) is 28.7 Å². The van der Waals surface area contributed by atoms with Crippen molar-refractivity contribution in [2.45, 2.75) is 38.3 Å². The highest BCUT2D eigenvalue weighted by Crippen LogP contribution is 2.32. The third kappa shape index (κ3) is 2.18. The Kier molecular flexibility index (Phi) is 2.67. The minimum absolute atomic E-state index is 0.299. The first-order valence-electron chi connectivity index (χ1n) is 5.10. The molecule has 0 amide bonds. The molecule has 0 saturated carbocycles. The zero-order valence-electron chi connectivity index (χ0n) is 8.68. The normalized spacial score (nSPS) is 25.2. The molecule has 2 heteroatoms. The lowest BCUT2D eigenvalue weighted by molar-refractivity contribution is 0.433. The lowest BCUT2D eigenvalue weighted by Crippen LogP contribution is -2.33. The highest BCUT2D eigenvalue weighted by molar-refractivity contribution is 9.10. The lowest BCUT2D eigenvalue weighted by Gasteiger charge is -2.20. The van der Waals surface area contributed by atoms with Gasteiger partial charge in [-0.15, -0.1) is 0 Å². The summed E-state index contributed by atoms with van der Waals surface area (Å²) in [6.45, 7) is 4.54. The molecule has 1 nitrogen and oxygen atoms in total. The molecule has 0 aliphatic carbocycles. The quantitative estimate of drug-likeness (QED) is 0.806. The molecule has 0 aromatic heterocycles. The van der Waals surface area contributed by atoms with Gasteiger partial charge in [0.05, 0.1) is 0 Å². The Balaban J connectivity index is 2.17. The van der Waals surface area contributed by atoms with E-state index in [2.05, 4.69) is 59.4 Å². The van der Waals surface area contributed by atoms with Crippen LogP contribution in [0.3, 0.4) is 0 Å². The molecule has 0 bridgehead atoms. The molecular weight excluding hydrogens is 238 g/mol. The topological polar surface area (TPSA) is 12.0 Å². The van der Waals surface area contributed by atoms with E-state index in [9.17, 15) is 0 Å². The van der Waals surface area contributed by atoms with Gasteiger partial charge in [-0.2, -0.15) is 0 Å². The van der Waals surface area contributed by atoms with Crippen molar-refractivity contribution in [1.29, 1.82) is 0 Å². The van der Waals surface area contributed by atoms with Crippen molar-refractivity contribution >= 4 is 15.9 Å². The van der Waals surface area contributed by atoms with Gasteiger partial charge >= 0.3 is 0 Å². The molecule has 1 atom stereocenters. The summed E-state index contributed by atoms with van der Waals surface area (Å²) in [5.74, 6) is 0. The van der Waals surface area contributed by atoms with Gasteiger partial charge in [-0.05, 0) is 44.4 Å². The van der Waals surface area contributed by atoms with Crippen LogP contribution in [-0.4, -0.2) is 5.54 Å². The SMILES string of the molecule is CC1(C)CCC(c2cccc(Br)c2)N1. The van der Waals surface area contributed by atoms with E-state index in [1.54, 1.807) is 0 Å². The van der Waals surface area contributed by atoms with Crippen LogP contribution in [0.5, 0.6) is 0 Å². The Morgan fingerprint density at radius 2 is 2.21 bits per heavy atom. The highest BCUT2D eigenvalue weighted by Gasteiger charge is 2.30. The van der Waals surface area contributed by atoms with E-state index in [0.717, 1.165) is 0 Å². The average Bonchev–Trinajstić information content (AvgIpc) is 2.46. The molecule has 1 fully saturated rings. The zero-order chi connectivity index (χ0) is 10.2. The van der Waals surface area contributed by atoms with Crippen LogP contribution in [0.25, 0.3) is 0 Å². The number of rotatable bonds is 1. The molecule has 1 unspecified atom stereocenters. The first-order valence-corrected chi connectivity index (χ1v) is 5.89. The van der Waals surface area contributed by atoms with E-state index in [4.69, 9.17) is 0 Å². The molecule has 1 aromatic carbocycles. The molecular formula is C12H16BrN. The summed E-state index contributed by atoms with van der Waals surface area (Å²) in [6.07, 6.45) is 2.49. The third-order valence-corrected chi connectivity index (χ3v) is 3.37. The summed E-state index contributed by atoms with van der Waals surface area (Å²) >= 11 is 3.51. The monoisotopic (exact) mass is 253 g/mol.